The summed E-state index contributed by atoms with van der Waals surface area (Å²) in [5.41, 5.74) is 9.68. The molecule has 1 amide bonds. The van der Waals surface area contributed by atoms with E-state index in [0.717, 1.165) is 61.3 Å². The molecule has 53 heavy (non-hydrogen) atoms. The molecule has 9 rings (SSSR count). The van der Waals surface area contributed by atoms with Crippen LogP contribution in [0.2, 0.25) is 0 Å². The van der Waals surface area contributed by atoms with Crippen LogP contribution >= 0.6 is 0 Å². The molecule has 262 valence electrons. The number of hydrazone groups is 1. The quantitative estimate of drug-likeness (QED) is 0.159. The van der Waals surface area contributed by atoms with Gasteiger partial charge in [0.2, 0.25) is 12.7 Å². The number of aromatic nitrogens is 4. The number of Topliss-reactive ketones (excluding diaryl/α,β-unsaturated/α-hetero) is 1. The SMILES string of the molecule is CC(=O)C1N=C(c2ccccc2)C[C@H]1c1cc(CCCC(=O)N2N=C(c3ccc4c(c3)OCO4)C[C@H]2c2ccc3nccnc3c2)c2nccnc2c1. The summed E-state index contributed by atoms with van der Waals surface area (Å²) >= 11 is 0. The Morgan fingerprint density at radius 3 is 2.36 bits per heavy atom. The van der Waals surface area contributed by atoms with Crippen LogP contribution in [0.4, 0.5) is 0 Å². The highest BCUT2D eigenvalue weighted by molar-refractivity contribution is 6.05. The normalized spacial score (nSPS) is 19.1. The van der Waals surface area contributed by atoms with Gasteiger partial charge >= 0.3 is 0 Å². The lowest BCUT2D eigenvalue weighted by molar-refractivity contribution is -0.133. The van der Waals surface area contributed by atoms with E-state index in [4.69, 9.17) is 19.6 Å². The topological polar surface area (TPSA) is 132 Å². The molecule has 11 heteroatoms. The van der Waals surface area contributed by atoms with Crippen LogP contribution in [0.3, 0.4) is 0 Å². The van der Waals surface area contributed by atoms with Gasteiger partial charge in [0.15, 0.2) is 17.3 Å². The number of aryl methyl sites for hydroxylation is 1. The first-order valence-corrected chi connectivity index (χ1v) is 17.8. The van der Waals surface area contributed by atoms with Crippen molar-refractivity contribution >= 4 is 45.2 Å². The van der Waals surface area contributed by atoms with Crippen LogP contribution in [0.15, 0.2) is 114 Å². The molecule has 0 saturated heterocycles. The third-order valence-corrected chi connectivity index (χ3v) is 10.3. The molecule has 6 aromatic rings. The number of benzene rings is 4. The van der Waals surface area contributed by atoms with Crippen molar-refractivity contribution in [3.8, 4) is 11.5 Å². The standard InChI is InChI=1S/C42H35N7O4/c1-25(50)41-31(22-33(47-41)26-6-3-2-4-7-26)30-18-29(42-36(20-30)45-16-17-46-42)8-5-9-40(51)49-37(28-10-12-32-35(19-28)44-15-14-43-32)23-34(48-49)27-11-13-38-39(21-27)53-24-52-38/h2-4,6-7,10-21,31,37,41H,5,8-9,22-24H2,1H3/t31-,37-,41?/m0/s1. The van der Waals surface area contributed by atoms with Crippen LogP contribution in [0.5, 0.6) is 11.5 Å². The number of rotatable bonds is 9. The smallest absolute Gasteiger partial charge is 0.243 e. The molecule has 3 aliphatic rings. The summed E-state index contributed by atoms with van der Waals surface area (Å²) in [4.78, 5) is 50.2. The highest BCUT2D eigenvalue weighted by Crippen LogP contribution is 2.39. The van der Waals surface area contributed by atoms with E-state index in [1.165, 1.54) is 0 Å². The number of hydrogen-bond acceptors (Lipinski definition) is 10. The predicted octanol–water partition coefficient (Wildman–Crippen LogP) is 6.94. The van der Waals surface area contributed by atoms with Gasteiger partial charge in [0.05, 0.1) is 33.8 Å². The van der Waals surface area contributed by atoms with Gasteiger partial charge in [-0.05, 0) is 84.8 Å². The number of amides is 1. The first-order valence-electron chi connectivity index (χ1n) is 17.8. The van der Waals surface area contributed by atoms with Gasteiger partial charge in [-0.15, -0.1) is 0 Å². The van der Waals surface area contributed by atoms with Gasteiger partial charge < -0.3 is 9.47 Å². The molecule has 0 saturated carbocycles. The lowest BCUT2D eigenvalue weighted by Gasteiger charge is -2.22. The molecule has 3 atom stereocenters. The number of hydrogen-bond donors (Lipinski definition) is 0. The number of aliphatic imine (C=N–C) groups is 1. The average Bonchev–Trinajstić information content (AvgIpc) is 3.97. The van der Waals surface area contributed by atoms with Gasteiger partial charge in [-0.1, -0.05) is 42.5 Å². The summed E-state index contributed by atoms with van der Waals surface area (Å²) in [6, 6.07) is 25.1. The summed E-state index contributed by atoms with van der Waals surface area (Å²) in [6.07, 6.45) is 9.34. The van der Waals surface area contributed by atoms with Crippen LogP contribution in [0.1, 0.15) is 72.4 Å². The Labute approximate surface area is 305 Å². The van der Waals surface area contributed by atoms with Crippen molar-refractivity contribution < 1.29 is 19.1 Å². The average molecular weight is 702 g/mol. The molecule has 5 heterocycles. The molecule has 0 spiro atoms. The Kier molecular flexibility index (Phi) is 8.38. The molecule has 0 radical (unpaired) electrons. The van der Waals surface area contributed by atoms with Crippen molar-refractivity contribution in [3.05, 3.63) is 131 Å². The fraction of sp³-hybridized carbons (Fsp3) is 0.238. The Bertz CT molecular complexity index is 2470. The van der Waals surface area contributed by atoms with E-state index in [1.807, 2.05) is 72.8 Å². The Morgan fingerprint density at radius 1 is 0.736 bits per heavy atom. The van der Waals surface area contributed by atoms with Crippen molar-refractivity contribution in [2.45, 2.75) is 57.0 Å². The van der Waals surface area contributed by atoms with E-state index in [2.05, 4.69) is 26.0 Å². The largest absolute Gasteiger partial charge is 0.454 e. The molecule has 1 unspecified atom stereocenters. The maximum Gasteiger partial charge on any atom is 0.243 e. The maximum atomic E-state index is 14.1. The van der Waals surface area contributed by atoms with E-state index in [0.29, 0.717) is 37.2 Å². The maximum absolute atomic E-state index is 14.1. The van der Waals surface area contributed by atoms with Crippen molar-refractivity contribution in [3.63, 3.8) is 0 Å². The highest BCUT2D eigenvalue weighted by atomic mass is 16.7. The highest BCUT2D eigenvalue weighted by Gasteiger charge is 2.36. The summed E-state index contributed by atoms with van der Waals surface area (Å²) in [5, 5.41) is 6.55. The first-order chi connectivity index (χ1) is 26.0. The van der Waals surface area contributed by atoms with E-state index in [-0.39, 0.29) is 36.9 Å². The molecular formula is C42H35N7O4. The lowest BCUT2D eigenvalue weighted by Crippen LogP contribution is -2.27. The number of ether oxygens (including phenoxy) is 2. The fourth-order valence-electron chi connectivity index (χ4n) is 7.69. The van der Waals surface area contributed by atoms with E-state index < -0.39 is 6.04 Å². The summed E-state index contributed by atoms with van der Waals surface area (Å²) < 4.78 is 11.2. The van der Waals surface area contributed by atoms with Crippen molar-refractivity contribution in [1.82, 2.24) is 24.9 Å². The van der Waals surface area contributed by atoms with Gasteiger partial charge in [0.1, 0.15) is 6.04 Å². The number of ketones is 1. The van der Waals surface area contributed by atoms with Crippen LogP contribution in [-0.4, -0.2) is 60.9 Å². The zero-order valence-corrected chi connectivity index (χ0v) is 29.1. The first kappa shape index (κ1) is 32.5. The molecule has 11 nitrogen and oxygen atoms in total. The van der Waals surface area contributed by atoms with Crippen LogP contribution in [0, 0.1) is 0 Å². The molecule has 3 aliphatic heterocycles. The van der Waals surface area contributed by atoms with Gasteiger partial charge in [-0.2, -0.15) is 5.10 Å². The molecule has 0 N–H and O–H groups in total. The van der Waals surface area contributed by atoms with Gasteiger partial charge in [0.25, 0.3) is 0 Å². The van der Waals surface area contributed by atoms with Crippen molar-refractivity contribution in [2.24, 2.45) is 10.1 Å². The molecule has 0 aliphatic carbocycles. The zero-order valence-electron chi connectivity index (χ0n) is 29.1. The van der Waals surface area contributed by atoms with E-state index in [1.54, 1.807) is 36.7 Å². The minimum Gasteiger partial charge on any atom is -0.454 e. The van der Waals surface area contributed by atoms with Crippen LogP contribution in [0.25, 0.3) is 22.1 Å². The molecule has 0 bridgehead atoms. The minimum atomic E-state index is -0.473. The Balaban J connectivity index is 0.980. The fourth-order valence-corrected chi connectivity index (χ4v) is 7.69. The Hall–Kier alpha value is -6.36. The number of nitrogens with zero attached hydrogens (tertiary/aromatic N) is 7. The van der Waals surface area contributed by atoms with Crippen LogP contribution in [-0.2, 0) is 16.0 Å². The molecule has 2 aromatic heterocycles. The molecule has 4 aromatic carbocycles. The second-order valence-electron chi connectivity index (χ2n) is 13.6. The summed E-state index contributed by atoms with van der Waals surface area (Å²) in [7, 11) is 0. The van der Waals surface area contributed by atoms with Gasteiger partial charge in [-0.3, -0.25) is 34.5 Å². The number of carbonyl (C=O) groups is 2. The predicted molar refractivity (Wildman–Crippen MR) is 200 cm³/mol. The third-order valence-electron chi connectivity index (χ3n) is 10.3. The third kappa shape index (κ3) is 6.28. The second-order valence-corrected chi connectivity index (χ2v) is 13.6. The summed E-state index contributed by atoms with van der Waals surface area (Å²) in [6.45, 7) is 1.79. The number of carbonyl (C=O) groups excluding carboxylic acids is 2. The lowest BCUT2D eigenvalue weighted by atomic mass is 9.86. The van der Waals surface area contributed by atoms with Crippen molar-refractivity contribution in [2.75, 3.05) is 6.79 Å². The van der Waals surface area contributed by atoms with E-state index >= 15 is 0 Å². The number of fused-ring (bicyclic) bond motifs is 3. The van der Waals surface area contributed by atoms with Gasteiger partial charge in [0, 0.05) is 54.8 Å². The van der Waals surface area contributed by atoms with Crippen molar-refractivity contribution in [1.29, 1.82) is 0 Å². The summed E-state index contributed by atoms with van der Waals surface area (Å²) in [5.74, 6) is 1.20. The van der Waals surface area contributed by atoms with E-state index in [9.17, 15) is 9.59 Å². The minimum absolute atomic E-state index is 0.0339. The zero-order chi connectivity index (χ0) is 35.9. The molecular weight excluding hydrogens is 667 g/mol. The molecule has 0 fully saturated rings. The monoisotopic (exact) mass is 701 g/mol. The van der Waals surface area contributed by atoms with Crippen LogP contribution < -0.4 is 9.47 Å². The van der Waals surface area contributed by atoms with Gasteiger partial charge in [-0.25, -0.2) is 5.01 Å². The Morgan fingerprint density at radius 2 is 1.51 bits per heavy atom. The second kappa shape index (κ2) is 13.6.